The molecule has 2 atom stereocenters. The first-order valence-electron chi connectivity index (χ1n) is 7.14. The predicted octanol–water partition coefficient (Wildman–Crippen LogP) is 2.19. The van der Waals surface area contributed by atoms with Gasteiger partial charge in [0, 0.05) is 31.4 Å². The van der Waals surface area contributed by atoms with Gasteiger partial charge in [-0.05, 0) is 30.4 Å². The maximum atomic E-state index is 12.0. The van der Waals surface area contributed by atoms with E-state index in [4.69, 9.17) is 0 Å². The molecule has 1 aliphatic carbocycles. The Morgan fingerprint density at radius 1 is 1.30 bits per heavy atom. The number of hydrogen-bond acceptors (Lipinski definition) is 2. The van der Waals surface area contributed by atoms with Crippen molar-refractivity contribution in [1.82, 2.24) is 15.1 Å². The van der Waals surface area contributed by atoms with Crippen LogP contribution in [0, 0.1) is 5.92 Å². The minimum atomic E-state index is 0.169. The van der Waals surface area contributed by atoms with E-state index in [0.717, 1.165) is 25.9 Å². The SMILES string of the molecule is O=C(NCCCn1cccn1)[C@@H]1C[C@@H]1c1ccccc1. The Labute approximate surface area is 118 Å². The molecule has 0 unspecified atom stereocenters. The lowest BCUT2D eigenvalue weighted by atomic mass is 10.1. The van der Waals surface area contributed by atoms with Crippen LogP contribution >= 0.6 is 0 Å². The molecule has 1 heterocycles. The van der Waals surface area contributed by atoms with Crippen molar-refractivity contribution in [3.8, 4) is 0 Å². The number of hydrogen-bond donors (Lipinski definition) is 1. The molecule has 1 fully saturated rings. The number of carbonyl (C=O) groups excluding carboxylic acids is 1. The van der Waals surface area contributed by atoms with Crippen molar-refractivity contribution in [2.24, 2.45) is 5.92 Å². The van der Waals surface area contributed by atoms with Gasteiger partial charge in [0.25, 0.3) is 0 Å². The molecular weight excluding hydrogens is 250 g/mol. The number of aromatic nitrogens is 2. The quantitative estimate of drug-likeness (QED) is 0.817. The van der Waals surface area contributed by atoms with E-state index in [9.17, 15) is 4.79 Å². The maximum absolute atomic E-state index is 12.0. The molecule has 1 N–H and O–H groups in total. The van der Waals surface area contributed by atoms with Crippen molar-refractivity contribution in [2.75, 3.05) is 6.54 Å². The van der Waals surface area contributed by atoms with Gasteiger partial charge < -0.3 is 5.32 Å². The highest BCUT2D eigenvalue weighted by Crippen LogP contribution is 2.47. The molecule has 2 aromatic rings. The van der Waals surface area contributed by atoms with Crippen molar-refractivity contribution in [3.05, 3.63) is 54.4 Å². The summed E-state index contributed by atoms with van der Waals surface area (Å²) in [6, 6.07) is 12.2. The van der Waals surface area contributed by atoms with Gasteiger partial charge in [0.05, 0.1) is 0 Å². The number of amides is 1. The molecular formula is C16H19N3O. The summed E-state index contributed by atoms with van der Waals surface area (Å²) in [7, 11) is 0. The molecule has 1 amide bonds. The molecule has 1 aromatic carbocycles. The Hall–Kier alpha value is -2.10. The summed E-state index contributed by atoms with van der Waals surface area (Å²) in [5, 5.41) is 7.16. The van der Waals surface area contributed by atoms with E-state index >= 15 is 0 Å². The highest BCUT2D eigenvalue weighted by molar-refractivity contribution is 5.82. The maximum Gasteiger partial charge on any atom is 0.223 e. The van der Waals surface area contributed by atoms with Crippen molar-refractivity contribution in [1.29, 1.82) is 0 Å². The van der Waals surface area contributed by atoms with E-state index in [1.807, 2.05) is 35.1 Å². The molecule has 3 rings (SSSR count). The van der Waals surface area contributed by atoms with Gasteiger partial charge in [-0.1, -0.05) is 30.3 Å². The smallest absolute Gasteiger partial charge is 0.223 e. The third kappa shape index (κ3) is 3.07. The third-order valence-corrected chi connectivity index (χ3v) is 3.78. The topological polar surface area (TPSA) is 46.9 Å². The summed E-state index contributed by atoms with van der Waals surface area (Å²) in [6.07, 6.45) is 5.60. The van der Waals surface area contributed by atoms with Gasteiger partial charge in [-0.3, -0.25) is 9.48 Å². The Kier molecular flexibility index (Phi) is 3.81. The van der Waals surface area contributed by atoms with Crippen molar-refractivity contribution in [3.63, 3.8) is 0 Å². The van der Waals surface area contributed by atoms with Crippen LogP contribution in [0.25, 0.3) is 0 Å². The lowest BCUT2D eigenvalue weighted by molar-refractivity contribution is -0.122. The zero-order valence-corrected chi connectivity index (χ0v) is 11.4. The largest absolute Gasteiger partial charge is 0.356 e. The summed E-state index contributed by atoms with van der Waals surface area (Å²) in [6.45, 7) is 1.57. The van der Waals surface area contributed by atoms with Crippen LogP contribution in [-0.4, -0.2) is 22.2 Å². The van der Waals surface area contributed by atoms with Crippen molar-refractivity contribution >= 4 is 5.91 Å². The van der Waals surface area contributed by atoms with Crippen LogP contribution in [0.15, 0.2) is 48.8 Å². The molecule has 0 spiro atoms. The van der Waals surface area contributed by atoms with Crippen LogP contribution in [0.2, 0.25) is 0 Å². The molecule has 0 radical (unpaired) electrons. The van der Waals surface area contributed by atoms with Gasteiger partial charge in [0.15, 0.2) is 0 Å². The average molecular weight is 269 g/mol. The van der Waals surface area contributed by atoms with Gasteiger partial charge in [0.1, 0.15) is 0 Å². The Bertz CT molecular complexity index is 550. The standard InChI is InChI=1S/C16H19N3O/c20-16(17-8-4-10-19-11-5-9-18-19)15-12-14(15)13-6-2-1-3-7-13/h1-3,5-7,9,11,14-15H,4,8,10,12H2,(H,17,20)/t14-,15-/m1/s1. The van der Waals surface area contributed by atoms with Gasteiger partial charge in [-0.25, -0.2) is 0 Å². The Balaban J connectivity index is 1.38. The lowest BCUT2D eigenvalue weighted by Gasteiger charge is -2.05. The highest BCUT2D eigenvalue weighted by atomic mass is 16.2. The lowest BCUT2D eigenvalue weighted by Crippen LogP contribution is -2.27. The highest BCUT2D eigenvalue weighted by Gasteiger charge is 2.43. The average Bonchev–Trinajstić information content (AvgIpc) is 3.13. The molecule has 0 aliphatic heterocycles. The minimum Gasteiger partial charge on any atom is -0.356 e. The normalized spacial score (nSPS) is 20.6. The monoisotopic (exact) mass is 269 g/mol. The molecule has 1 aromatic heterocycles. The first-order chi connectivity index (χ1) is 9.84. The number of rotatable bonds is 6. The molecule has 0 bridgehead atoms. The van der Waals surface area contributed by atoms with Crippen LogP contribution in [0.4, 0.5) is 0 Å². The number of nitrogens with one attached hydrogen (secondary N) is 1. The van der Waals surface area contributed by atoms with Gasteiger partial charge >= 0.3 is 0 Å². The van der Waals surface area contributed by atoms with Crippen LogP contribution in [-0.2, 0) is 11.3 Å². The van der Waals surface area contributed by atoms with Crippen LogP contribution in [0.5, 0.6) is 0 Å². The Morgan fingerprint density at radius 3 is 2.90 bits per heavy atom. The zero-order valence-electron chi connectivity index (χ0n) is 11.4. The fourth-order valence-corrected chi connectivity index (χ4v) is 2.57. The predicted molar refractivity (Wildman–Crippen MR) is 77.1 cm³/mol. The molecule has 1 saturated carbocycles. The van der Waals surface area contributed by atoms with E-state index < -0.39 is 0 Å². The molecule has 4 nitrogen and oxygen atoms in total. The zero-order chi connectivity index (χ0) is 13.8. The summed E-state index contributed by atoms with van der Waals surface area (Å²) >= 11 is 0. The van der Waals surface area contributed by atoms with Gasteiger partial charge in [-0.15, -0.1) is 0 Å². The second-order valence-corrected chi connectivity index (χ2v) is 5.27. The van der Waals surface area contributed by atoms with E-state index in [2.05, 4.69) is 22.5 Å². The second kappa shape index (κ2) is 5.90. The minimum absolute atomic E-state index is 0.169. The number of benzene rings is 1. The van der Waals surface area contributed by atoms with E-state index in [0.29, 0.717) is 5.92 Å². The number of nitrogens with zero attached hydrogens (tertiary/aromatic N) is 2. The summed E-state index contributed by atoms with van der Waals surface area (Å²) in [5.41, 5.74) is 1.28. The van der Waals surface area contributed by atoms with Gasteiger partial charge in [0.2, 0.25) is 5.91 Å². The fourth-order valence-electron chi connectivity index (χ4n) is 2.57. The second-order valence-electron chi connectivity index (χ2n) is 5.27. The molecule has 1 aliphatic rings. The fraction of sp³-hybridized carbons (Fsp3) is 0.375. The first-order valence-corrected chi connectivity index (χ1v) is 7.14. The van der Waals surface area contributed by atoms with Gasteiger partial charge in [-0.2, -0.15) is 5.10 Å². The van der Waals surface area contributed by atoms with Crippen LogP contribution in [0.3, 0.4) is 0 Å². The van der Waals surface area contributed by atoms with Crippen molar-refractivity contribution < 1.29 is 4.79 Å². The molecule has 20 heavy (non-hydrogen) atoms. The number of carbonyl (C=O) groups is 1. The molecule has 104 valence electrons. The Morgan fingerprint density at radius 2 is 2.15 bits per heavy atom. The third-order valence-electron chi connectivity index (χ3n) is 3.78. The number of aryl methyl sites for hydroxylation is 1. The molecule has 4 heteroatoms. The van der Waals surface area contributed by atoms with Crippen molar-refractivity contribution in [2.45, 2.75) is 25.3 Å². The summed E-state index contributed by atoms with van der Waals surface area (Å²) in [4.78, 5) is 12.0. The van der Waals surface area contributed by atoms with E-state index in [-0.39, 0.29) is 11.8 Å². The molecule has 0 saturated heterocycles. The summed E-state index contributed by atoms with van der Waals surface area (Å²) < 4.78 is 1.88. The van der Waals surface area contributed by atoms with E-state index in [1.54, 1.807) is 6.20 Å². The van der Waals surface area contributed by atoms with E-state index in [1.165, 1.54) is 5.56 Å². The van der Waals surface area contributed by atoms with Crippen LogP contribution < -0.4 is 5.32 Å². The summed E-state index contributed by atoms with van der Waals surface area (Å²) in [5.74, 6) is 0.781. The first kappa shape index (κ1) is 12.9. The van der Waals surface area contributed by atoms with Crippen LogP contribution in [0.1, 0.15) is 24.3 Å².